The van der Waals surface area contributed by atoms with Crippen LogP contribution in [0.15, 0.2) is 72.3 Å². The zero-order chi connectivity index (χ0) is 26.2. The molecule has 0 unspecified atom stereocenters. The average molecular weight is 497 g/mol. The summed E-state index contributed by atoms with van der Waals surface area (Å²) in [6.45, 7) is 8.36. The van der Waals surface area contributed by atoms with Crippen LogP contribution in [-0.4, -0.2) is 42.5 Å². The summed E-state index contributed by atoms with van der Waals surface area (Å²) in [5.74, 6) is 0.379. The van der Waals surface area contributed by atoms with Crippen LogP contribution in [0.4, 0.5) is 10.6 Å². The first kappa shape index (κ1) is 25.1. The van der Waals surface area contributed by atoms with Crippen LogP contribution in [0.5, 0.6) is 0 Å². The van der Waals surface area contributed by atoms with Gasteiger partial charge >= 0.3 is 13.2 Å². The third-order valence-corrected chi connectivity index (χ3v) is 7.55. The predicted octanol–water partition coefficient (Wildman–Crippen LogP) is 5.22. The molecule has 1 aliphatic heterocycles. The third kappa shape index (κ3) is 4.87. The second kappa shape index (κ2) is 9.69. The zero-order valence-electron chi connectivity index (χ0n) is 21.7. The van der Waals surface area contributed by atoms with Gasteiger partial charge in [0.15, 0.2) is 0 Å². The van der Waals surface area contributed by atoms with Crippen LogP contribution >= 0.6 is 0 Å². The number of pyridine rings is 1. The Morgan fingerprint density at radius 2 is 1.59 bits per heavy atom. The number of aromatic nitrogens is 1. The number of fused-ring (bicyclic) bond motifs is 3. The van der Waals surface area contributed by atoms with Crippen LogP contribution in [0.3, 0.4) is 0 Å². The first-order chi connectivity index (χ1) is 17.7. The number of anilines is 1. The van der Waals surface area contributed by atoms with E-state index in [1.54, 1.807) is 6.20 Å². The minimum absolute atomic E-state index is 0.00792. The van der Waals surface area contributed by atoms with E-state index >= 15 is 0 Å². The highest BCUT2D eigenvalue weighted by Gasteiger charge is 2.52. The molecule has 1 fully saturated rings. The fourth-order valence-corrected chi connectivity index (χ4v) is 4.77. The first-order valence-electron chi connectivity index (χ1n) is 12.5. The van der Waals surface area contributed by atoms with Crippen molar-refractivity contribution < 1.29 is 18.8 Å². The van der Waals surface area contributed by atoms with Crippen LogP contribution in [0.1, 0.15) is 50.3 Å². The van der Waals surface area contributed by atoms with E-state index in [1.165, 1.54) is 22.3 Å². The number of hydrogen-bond acceptors (Lipinski definition) is 6. The number of ether oxygens (including phenoxy) is 1. The maximum atomic E-state index is 12.8. The number of benzene rings is 2. The Hall–Kier alpha value is -3.62. The molecule has 0 atom stereocenters. The van der Waals surface area contributed by atoms with Crippen LogP contribution in [0.2, 0.25) is 0 Å². The van der Waals surface area contributed by atoms with E-state index < -0.39 is 24.4 Å². The smallest absolute Gasteiger partial charge is 0.449 e. The van der Waals surface area contributed by atoms with Crippen LogP contribution in [0.25, 0.3) is 17.2 Å². The van der Waals surface area contributed by atoms with E-state index in [-0.39, 0.29) is 19.1 Å². The van der Waals surface area contributed by atoms with Crippen molar-refractivity contribution in [2.45, 2.75) is 44.8 Å². The maximum Gasteiger partial charge on any atom is 0.492 e. The quantitative estimate of drug-likeness (QED) is 0.454. The van der Waals surface area contributed by atoms with Crippen molar-refractivity contribution in [1.82, 2.24) is 10.3 Å². The Morgan fingerprint density at radius 3 is 2.19 bits per heavy atom. The van der Waals surface area contributed by atoms with Crippen molar-refractivity contribution in [3.63, 3.8) is 0 Å². The molecule has 1 amide bonds. The predicted molar refractivity (Wildman–Crippen MR) is 146 cm³/mol. The Balaban J connectivity index is 1.30. The fourth-order valence-electron chi connectivity index (χ4n) is 4.77. The van der Waals surface area contributed by atoms with Gasteiger partial charge in [-0.1, -0.05) is 54.6 Å². The summed E-state index contributed by atoms with van der Waals surface area (Å²) in [5.41, 5.74) is 11.2. The first-order valence-corrected chi connectivity index (χ1v) is 12.5. The summed E-state index contributed by atoms with van der Waals surface area (Å²) in [6, 6.07) is 20.2. The molecule has 0 spiro atoms. The van der Waals surface area contributed by atoms with Gasteiger partial charge in [0.05, 0.1) is 11.2 Å². The topological polar surface area (TPSA) is 95.7 Å². The molecular formula is C29H32BN3O4. The highest BCUT2D eigenvalue weighted by Crippen LogP contribution is 2.44. The van der Waals surface area contributed by atoms with Crippen molar-refractivity contribution in [3.8, 4) is 11.1 Å². The summed E-state index contributed by atoms with van der Waals surface area (Å²) in [7, 11) is -0.654. The number of rotatable bonds is 6. The number of nitrogen functional groups attached to an aromatic ring is 1. The van der Waals surface area contributed by atoms with Crippen molar-refractivity contribution in [3.05, 3.63) is 89.0 Å². The van der Waals surface area contributed by atoms with Crippen molar-refractivity contribution in [2.24, 2.45) is 0 Å². The van der Waals surface area contributed by atoms with Gasteiger partial charge in [0.25, 0.3) is 0 Å². The number of alkyl carbamates (subject to hydrolysis) is 1. The molecule has 0 radical (unpaired) electrons. The van der Waals surface area contributed by atoms with Crippen molar-refractivity contribution >= 4 is 25.1 Å². The van der Waals surface area contributed by atoms with Gasteiger partial charge in [0.2, 0.25) is 0 Å². The molecule has 37 heavy (non-hydrogen) atoms. The number of amides is 1. The Bertz CT molecular complexity index is 1290. The van der Waals surface area contributed by atoms with Crippen molar-refractivity contribution in [1.29, 1.82) is 0 Å². The van der Waals surface area contributed by atoms with Gasteiger partial charge in [-0.15, -0.1) is 0 Å². The van der Waals surface area contributed by atoms with Gasteiger partial charge in [-0.2, -0.15) is 0 Å². The van der Waals surface area contributed by atoms with E-state index in [0.29, 0.717) is 11.3 Å². The molecule has 1 aliphatic carbocycles. The van der Waals surface area contributed by atoms with Crippen LogP contribution < -0.4 is 11.1 Å². The van der Waals surface area contributed by atoms with Gasteiger partial charge in [0, 0.05) is 24.2 Å². The number of nitrogens with one attached hydrogen (secondary N) is 1. The number of carbonyl (C=O) groups excluding carboxylic acids is 1. The molecule has 0 bridgehead atoms. The van der Waals surface area contributed by atoms with Crippen LogP contribution in [-0.2, 0) is 14.0 Å². The van der Waals surface area contributed by atoms with E-state index in [2.05, 4.69) is 34.6 Å². The molecule has 1 aromatic heterocycles. The molecule has 7 nitrogen and oxygen atoms in total. The Labute approximate surface area is 218 Å². The largest absolute Gasteiger partial charge is 0.492 e. The molecule has 0 saturated carbocycles. The molecule has 8 heteroatoms. The lowest BCUT2D eigenvalue weighted by Crippen LogP contribution is -2.41. The molecule has 190 valence electrons. The molecule has 5 rings (SSSR count). The third-order valence-electron chi connectivity index (χ3n) is 7.55. The SMILES string of the molecule is CC1(C)OB(C(=Cc2cccnc2N)CNC(=O)OCC2c3ccccc3-c3ccccc32)OC1(C)C. The zero-order valence-corrected chi connectivity index (χ0v) is 21.7. The summed E-state index contributed by atoms with van der Waals surface area (Å²) < 4.78 is 18.2. The van der Waals surface area contributed by atoms with Gasteiger partial charge < -0.3 is 25.1 Å². The lowest BCUT2D eigenvalue weighted by Gasteiger charge is -2.32. The monoisotopic (exact) mass is 497 g/mol. The van der Waals surface area contributed by atoms with Crippen LogP contribution in [0, 0.1) is 0 Å². The van der Waals surface area contributed by atoms with E-state index in [9.17, 15) is 4.79 Å². The van der Waals surface area contributed by atoms with E-state index in [4.69, 9.17) is 19.8 Å². The number of nitrogens with two attached hydrogens (primary N) is 1. The minimum atomic E-state index is -0.654. The molecule has 2 heterocycles. The molecule has 2 aromatic carbocycles. The van der Waals surface area contributed by atoms with Gasteiger partial charge in [-0.25, -0.2) is 9.78 Å². The second-order valence-corrected chi connectivity index (χ2v) is 10.5. The lowest BCUT2D eigenvalue weighted by atomic mass is 9.77. The normalized spacial score (nSPS) is 17.8. The lowest BCUT2D eigenvalue weighted by molar-refractivity contribution is 0.00578. The fraction of sp³-hybridized carbons (Fsp3) is 0.310. The highest BCUT2D eigenvalue weighted by atomic mass is 16.7. The number of hydrogen-bond donors (Lipinski definition) is 2. The highest BCUT2D eigenvalue weighted by molar-refractivity contribution is 6.56. The Morgan fingerprint density at radius 1 is 1.00 bits per heavy atom. The Kier molecular flexibility index (Phi) is 6.56. The second-order valence-electron chi connectivity index (χ2n) is 10.5. The molecule has 3 aromatic rings. The average Bonchev–Trinajstić information content (AvgIpc) is 3.30. The summed E-state index contributed by atoms with van der Waals surface area (Å²) in [4.78, 5) is 17.0. The number of carbonyl (C=O) groups is 1. The van der Waals surface area contributed by atoms with Gasteiger partial charge in [-0.05, 0) is 67.6 Å². The van der Waals surface area contributed by atoms with E-state index in [1.807, 2.05) is 70.2 Å². The molecule has 1 saturated heterocycles. The van der Waals surface area contributed by atoms with Gasteiger partial charge in [0.1, 0.15) is 12.4 Å². The summed E-state index contributed by atoms with van der Waals surface area (Å²) >= 11 is 0. The summed E-state index contributed by atoms with van der Waals surface area (Å²) in [6.07, 6.45) is 2.98. The maximum absolute atomic E-state index is 12.8. The summed E-state index contributed by atoms with van der Waals surface area (Å²) in [5, 5.41) is 2.88. The molecule has 2 aliphatic rings. The van der Waals surface area contributed by atoms with Gasteiger partial charge in [-0.3, -0.25) is 0 Å². The standard InChI is InChI=1S/C29H32BN3O4/c1-28(2)29(3,4)37-30(36-28)20(16-19-10-9-15-32-26(19)31)17-33-27(34)35-18-25-23-13-7-5-11-21(23)22-12-6-8-14-24(22)25/h5-16,25H,17-18H2,1-4H3,(H2,31,32)(H,33,34). The minimum Gasteiger partial charge on any atom is -0.449 e. The van der Waals surface area contributed by atoms with E-state index in [0.717, 1.165) is 5.56 Å². The molecule has 3 N–H and O–H groups in total. The van der Waals surface area contributed by atoms with Crippen molar-refractivity contribution in [2.75, 3.05) is 18.9 Å². The number of nitrogens with zero attached hydrogens (tertiary/aromatic N) is 1. The molecular weight excluding hydrogens is 465 g/mol.